The van der Waals surface area contributed by atoms with Crippen LogP contribution in [0.3, 0.4) is 0 Å². The van der Waals surface area contributed by atoms with Gasteiger partial charge in [-0.3, -0.25) is 0 Å². The first-order valence-corrected chi connectivity index (χ1v) is 9.61. The maximum atomic E-state index is 6.05. The summed E-state index contributed by atoms with van der Waals surface area (Å²) in [5.74, 6) is 0. The molecule has 27 heavy (non-hydrogen) atoms. The molecule has 1 atom stereocenters. The van der Waals surface area contributed by atoms with Crippen LogP contribution in [0.5, 0.6) is 0 Å². The van der Waals surface area contributed by atoms with Crippen molar-refractivity contribution >= 4 is 22.5 Å². The maximum Gasteiger partial charge on any atom is 0.0951 e. The van der Waals surface area contributed by atoms with Crippen molar-refractivity contribution in [3.8, 4) is 0 Å². The number of benzene rings is 2. The monoisotopic (exact) mass is 377 g/mol. The normalized spacial score (nSPS) is 13.2. The van der Waals surface area contributed by atoms with Gasteiger partial charge in [0.25, 0.3) is 0 Å². The summed E-state index contributed by atoms with van der Waals surface area (Å²) in [5.41, 5.74) is 3.86. The molecule has 1 unspecified atom stereocenters. The Hall–Kier alpha value is -2.52. The number of rotatable bonds is 4. The number of aromatic nitrogens is 3. The minimum absolute atomic E-state index is 0.0515. The molecule has 0 N–H and O–H groups in total. The molecular weight excluding hydrogens is 354 g/mol. The summed E-state index contributed by atoms with van der Waals surface area (Å²) in [4.78, 5) is 4.29. The van der Waals surface area contributed by atoms with E-state index in [0.717, 1.165) is 11.6 Å². The van der Waals surface area contributed by atoms with Crippen molar-refractivity contribution in [2.24, 2.45) is 5.41 Å². The van der Waals surface area contributed by atoms with Gasteiger partial charge < -0.3 is 9.13 Å². The van der Waals surface area contributed by atoms with Crippen LogP contribution in [0, 0.1) is 5.41 Å². The van der Waals surface area contributed by atoms with Crippen molar-refractivity contribution in [2.45, 2.75) is 33.4 Å². The molecule has 0 aliphatic heterocycles. The Morgan fingerprint density at radius 2 is 1.78 bits per heavy atom. The minimum Gasteiger partial charge on any atom is -0.343 e. The van der Waals surface area contributed by atoms with E-state index in [2.05, 4.69) is 83.7 Å². The second-order valence-corrected chi connectivity index (χ2v) is 8.57. The second kappa shape index (κ2) is 6.90. The van der Waals surface area contributed by atoms with E-state index in [1.54, 1.807) is 0 Å². The Morgan fingerprint density at radius 1 is 1.04 bits per heavy atom. The molecule has 3 nitrogen and oxygen atoms in total. The molecule has 138 valence electrons. The van der Waals surface area contributed by atoms with E-state index >= 15 is 0 Å². The molecule has 2 heterocycles. The van der Waals surface area contributed by atoms with Gasteiger partial charge in [-0.25, -0.2) is 4.98 Å². The highest BCUT2D eigenvalue weighted by Gasteiger charge is 2.30. The number of hydrogen-bond acceptors (Lipinski definition) is 1. The SMILES string of the molecule is CC(C)(C)C(c1cn(Cc2ccc(Cl)cc2)c2ccccc12)n1ccnc1. The molecule has 2 aromatic carbocycles. The molecule has 0 bridgehead atoms. The van der Waals surface area contributed by atoms with E-state index in [1.807, 2.05) is 24.7 Å². The highest BCUT2D eigenvalue weighted by molar-refractivity contribution is 6.30. The number of halogens is 1. The second-order valence-electron chi connectivity index (χ2n) is 8.13. The summed E-state index contributed by atoms with van der Waals surface area (Å²) in [6, 6.07) is 16.9. The molecule has 0 aliphatic rings. The summed E-state index contributed by atoms with van der Waals surface area (Å²) in [7, 11) is 0. The van der Waals surface area contributed by atoms with E-state index in [4.69, 9.17) is 11.6 Å². The number of imidazole rings is 1. The van der Waals surface area contributed by atoms with Gasteiger partial charge in [0.15, 0.2) is 0 Å². The Bertz CT molecular complexity index is 1040. The standard InChI is InChI=1S/C23H24ClN3/c1-23(2,3)22(26-13-12-25-16-26)20-15-27(21-7-5-4-6-19(20)21)14-17-8-10-18(24)11-9-17/h4-13,15-16,22H,14H2,1-3H3. The molecule has 0 fully saturated rings. The fraction of sp³-hybridized carbons (Fsp3) is 0.261. The van der Waals surface area contributed by atoms with Crippen LogP contribution in [-0.2, 0) is 6.54 Å². The summed E-state index contributed by atoms with van der Waals surface area (Å²) in [5, 5.41) is 2.06. The predicted octanol–water partition coefficient (Wildman–Crippen LogP) is 6.18. The largest absolute Gasteiger partial charge is 0.343 e. The highest BCUT2D eigenvalue weighted by Crippen LogP contribution is 2.40. The zero-order valence-electron chi connectivity index (χ0n) is 15.9. The number of hydrogen-bond donors (Lipinski definition) is 0. The summed E-state index contributed by atoms with van der Waals surface area (Å²) < 4.78 is 4.55. The van der Waals surface area contributed by atoms with Gasteiger partial charge in [-0.1, -0.05) is 62.7 Å². The molecule has 0 aliphatic carbocycles. The summed E-state index contributed by atoms with van der Waals surface area (Å²) in [6.45, 7) is 7.66. The third kappa shape index (κ3) is 3.52. The topological polar surface area (TPSA) is 22.8 Å². The lowest BCUT2D eigenvalue weighted by Gasteiger charge is -2.31. The Labute approximate surface area is 165 Å². The van der Waals surface area contributed by atoms with Gasteiger partial charge in [0.05, 0.1) is 12.4 Å². The minimum atomic E-state index is 0.0515. The van der Waals surface area contributed by atoms with Crippen LogP contribution >= 0.6 is 11.6 Å². The zero-order chi connectivity index (χ0) is 19.0. The van der Waals surface area contributed by atoms with Crippen molar-refractivity contribution in [1.82, 2.24) is 14.1 Å². The van der Waals surface area contributed by atoms with Crippen molar-refractivity contribution in [3.63, 3.8) is 0 Å². The third-order valence-electron chi connectivity index (χ3n) is 5.02. The summed E-state index contributed by atoms with van der Waals surface area (Å²) >= 11 is 6.05. The van der Waals surface area contributed by atoms with Gasteiger partial charge >= 0.3 is 0 Å². The van der Waals surface area contributed by atoms with Gasteiger partial charge in [0, 0.05) is 46.6 Å². The molecule has 4 rings (SSSR count). The lowest BCUT2D eigenvalue weighted by atomic mass is 9.82. The molecule has 4 aromatic rings. The van der Waals surface area contributed by atoms with Gasteiger partial charge in [-0.05, 0) is 29.2 Å². The quantitative estimate of drug-likeness (QED) is 0.416. The number of para-hydroxylation sites is 1. The highest BCUT2D eigenvalue weighted by atomic mass is 35.5. The van der Waals surface area contributed by atoms with E-state index in [9.17, 15) is 0 Å². The Kier molecular flexibility index (Phi) is 4.56. The molecule has 0 radical (unpaired) electrons. The predicted molar refractivity (Wildman–Crippen MR) is 112 cm³/mol. The first-order valence-electron chi connectivity index (χ1n) is 9.23. The van der Waals surface area contributed by atoms with Crippen LogP contribution in [0.4, 0.5) is 0 Å². The fourth-order valence-electron chi connectivity index (χ4n) is 3.91. The van der Waals surface area contributed by atoms with Crippen molar-refractivity contribution in [3.05, 3.63) is 89.6 Å². The van der Waals surface area contributed by atoms with E-state index in [1.165, 1.54) is 22.0 Å². The molecule has 0 spiro atoms. The van der Waals surface area contributed by atoms with Crippen molar-refractivity contribution in [1.29, 1.82) is 0 Å². The van der Waals surface area contributed by atoms with Gasteiger partial charge in [-0.2, -0.15) is 0 Å². The lowest BCUT2D eigenvalue weighted by molar-refractivity contribution is 0.284. The average Bonchev–Trinajstić information content (AvgIpc) is 3.26. The Morgan fingerprint density at radius 3 is 2.44 bits per heavy atom. The molecule has 0 saturated carbocycles. The van der Waals surface area contributed by atoms with Gasteiger partial charge in [-0.15, -0.1) is 0 Å². The van der Waals surface area contributed by atoms with E-state index < -0.39 is 0 Å². The third-order valence-corrected chi connectivity index (χ3v) is 5.28. The van der Waals surface area contributed by atoms with E-state index in [0.29, 0.717) is 0 Å². The molecule has 0 saturated heterocycles. The number of nitrogens with zero attached hydrogens (tertiary/aromatic N) is 3. The van der Waals surface area contributed by atoms with Crippen molar-refractivity contribution in [2.75, 3.05) is 0 Å². The molecular formula is C23H24ClN3. The van der Waals surface area contributed by atoms with Crippen LogP contribution in [0.15, 0.2) is 73.4 Å². The lowest BCUT2D eigenvalue weighted by Crippen LogP contribution is -2.24. The van der Waals surface area contributed by atoms with Crippen molar-refractivity contribution < 1.29 is 0 Å². The summed E-state index contributed by atoms with van der Waals surface area (Å²) in [6.07, 6.45) is 8.13. The van der Waals surface area contributed by atoms with Crippen LogP contribution in [0.25, 0.3) is 10.9 Å². The van der Waals surface area contributed by atoms with Crippen LogP contribution in [0.2, 0.25) is 5.02 Å². The fourth-order valence-corrected chi connectivity index (χ4v) is 4.03. The average molecular weight is 378 g/mol. The Balaban J connectivity index is 1.85. The van der Waals surface area contributed by atoms with Crippen LogP contribution in [0.1, 0.15) is 37.9 Å². The molecule has 0 amide bonds. The number of fused-ring (bicyclic) bond motifs is 1. The molecule has 2 aromatic heterocycles. The van der Waals surface area contributed by atoms with Crippen LogP contribution in [-0.4, -0.2) is 14.1 Å². The van der Waals surface area contributed by atoms with Gasteiger partial charge in [0.2, 0.25) is 0 Å². The zero-order valence-corrected chi connectivity index (χ0v) is 16.7. The van der Waals surface area contributed by atoms with E-state index in [-0.39, 0.29) is 11.5 Å². The maximum absolute atomic E-state index is 6.05. The smallest absolute Gasteiger partial charge is 0.0951 e. The van der Waals surface area contributed by atoms with Crippen LogP contribution < -0.4 is 0 Å². The molecule has 4 heteroatoms. The van der Waals surface area contributed by atoms with Gasteiger partial charge in [0.1, 0.15) is 0 Å². The first kappa shape index (κ1) is 17.9. The first-order chi connectivity index (χ1) is 12.9.